The Morgan fingerprint density at radius 2 is 1.77 bits per heavy atom. The molecule has 0 amide bonds. The Morgan fingerprint density at radius 1 is 1.07 bits per heavy atom. The van der Waals surface area contributed by atoms with E-state index in [9.17, 15) is 9.36 Å². The van der Waals surface area contributed by atoms with Crippen LogP contribution in [0.25, 0.3) is 21.9 Å². The van der Waals surface area contributed by atoms with E-state index in [0.717, 1.165) is 29.3 Å². The van der Waals surface area contributed by atoms with E-state index in [1.807, 2.05) is 44.2 Å². The number of carbonyl (C=O) groups excluding carboxylic acids is 1. The molecule has 2 aromatic carbocycles. The molecule has 4 aromatic rings. The molecular formula is C32H44N5O6P. The van der Waals surface area contributed by atoms with Gasteiger partial charge in [-0.15, -0.1) is 0 Å². The third-order valence-electron chi connectivity index (χ3n) is 7.21. The lowest BCUT2D eigenvalue weighted by Crippen LogP contribution is -2.40. The van der Waals surface area contributed by atoms with E-state index in [4.69, 9.17) is 29.2 Å². The molecule has 2 aromatic heterocycles. The first-order valence-corrected chi connectivity index (χ1v) is 16.7. The molecule has 11 nitrogen and oxygen atoms in total. The minimum absolute atomic E-state index is 0.0444. The van der Waals surface area contributed by atoms with Crippen molar-refractivity contribution in [3.63, 3.8) is 0 Å². The standard InChI is InChI=1S/C32H44N5O6P/c1-7-9-19-32(6,21-41-44(39,43-24-15-11-10-12-16-24)36-23(5)31(38)42-22(3)4)37-27(20-40-8-2)35-28-29(37)25-17-13-14-18-26(25)34-30(28)33/h10-18,22-23H,7-9,19-21H2,1-6H3,(H2,33,34)(H,36,39)/t23-,32?,44?/m0/s1. The summed E-state index contributed by atoms with van der Waals surface area (Å²) in [6.07, 6.45) is 2.08. The van der Waals surface area contributed by atoms with Crippen molar-refractivity contribution < 1.29 is 27.9 Å². The van der Waals surface area contributed by atoms with E-state index >= 15 is 0 Å². The zero-order valence-electron chi connectivity index (χ0n) is 26.4. The van der Waals surface area contributed by atoms with Crippen molar-refractivity contribution in [3.05, 3.63) is 60.4 Å². The maximum atomic E-state index is 14.4. The van der Waals surface area contributed by atoms with Crippen LogP contribution in [-0.2, 0) is 35.5 Å². The number of nitrogens with one attached hydrogen (secondary N) is 1. The monoisotopic (exact) mass is 625 g/mol. The fraction of sp³-hybridized carbons (Fsp3) is 0.469. The molecule has 3 N–H and O–H groups in total. The fourth-order valence-electron chi connectivity index (χ4n) is 5.08. The lowest BCUT2D eigenvalue weighted by atomic mass is 9.94. The van der Waals surface area contributed by atoms with Gasteiger partial charge in [-0.25, -0.2) is 14.5 Å². The van der Waals surface area contributed by atoms with Crippen LogP contribution in [0.5, 0.6) is 5.75 Å². The zero-order chi connectivity index (χ0) is 31.9. The summed E-state index contributed by atoms with van der Waals surface area (Å²) in [4.78, 5) is 22.2. The number of fused-ring (bicyclic) bond motifs is 3. The minimum Gasteiger partial charge on any atom is -0.462 e. The summed E-state index contributed by atoms with van der Waals surface area (Å²) in [5, 5.41) is 3.68. The van der Waals surface area contributed by atoms with Gasteiger partial charge in [0.2, 0.25) is 0 Å². The van der Waals surface area contributed by atoms with Gasteiger partial charge < -0.3 is 24.3 Å². The summed E-state index contributed by atoms with van der Waals surface area (Å²) >= 11 is 0. The van der Waals surface area contributed by atoms with Crippen molar-refractivity contribution in [1.82, 2.24) is 19.6 Å². The van der Waals surface area contributed by atoms with Crippen molar-refractivity contribution in [2.24, 2.45) is 0 Å². The summed E-state index contributed by atoms with van der Waals surface area (Å²) in [7, 11) is -4.13. The smallest absolute Gasteiger partial charge is 0.459 e. The highest BCUT2D eigenvalue weighted by Gasteiger charge is 2.39. The van der Waals surface area contributed by atoms with Gasteiger partial charge in [-0.3, -0.25) is 9.32 Å². The number of imidazole rings is 1. The predicted molar refractivity (Wildman–Crippen MR) is 172 cm³/mol. The second kappa shape index (κ2) is 14.5. The number of nitrogens with two attached hydrogens (primary N) is 1. The molecule has 2 unspecified atom stereocenters. The van der Waals surface area contributed by atoms with Crippen LogP contribution < -0.4 is 15.3 Å². The average Bonchev–Trinajstić information content (AvgIpc) is 3.39. The summed E-state index contributed by atoms with van der Waals surface area (Å²) in [5.74, 6) is 0.724. The second-order valence-corrected chi connectivity index (χ2v) is 13.0. The van der Waals surface area contributed by atoms with Crippen molar-refractivity contribution >= 4 is 41.5 Å². The molecule has 0 aliphatic heterocycles. The number of anilines is 1. The molecule has 0 spiro atoms. The topological polar surface area (TPSA) is 140 Å². The van der Waals surface area contributed by atoms with Crippen molar-refractivity contribution in [3.8, 4) is 5.75 Å². The van der Waals surface area contributed by atoms with Crippen LogP contribution in [0.4, 0.5) is 5.82 Å². The van der Waals surface area contributed by atoms with Crippen LogP contribution in [0.2, 0.25) is 0 Å². The van der Waals surface area contributed by atoms with E-state index in [1.165, 1.54) is 0 Å². The van der Waals surface area contributed by atoms with Gasteiger partial charge in [-0.05, 0) is 59.2 Å². The number of para-hydroxylation sites is 2. The first kappa shape index (κ1) is 33.4. The zero-order valence-corrected chi connectivity index (χ0v) is 27.3. The lowest BCUT2D eigenvalue weighted by Gasteiger charge is -2.35. The summed E-state index contributed by atoms with van der Waals surface area (Å²) in [5.41, 5.74) is 7.75. The normalized spacial score (nSPS) is 15.2. The highest BCUT2D eigenvalue weighted by atomic mass is 31.2. The third kappa shape index (κ3) is 7.77. The van der Waals surface area contributed by atoms with Crippen molar-refractivity contribution in [1.29, 1.82) is 0 Å². The van der Waals surface area contributed by atoms with Gasteiger partial charge >= 0.3 is 13.7 Å². The average molecular weight is 626 g/mol. The minimum atomic E-state index is -4.13. The molecular weight excluding hydrogens is 581 g/mol. The quantitative estimate of drug-likeness (QED) is 0.102. The summed E-state index contributed by atoms with van der Waals surface area (Å²) in [6, 6.07) is 15.5. The van der Waals surface area contributed by atoms with Crippen LogP contribution in [0.1, 0.15) is 66.6 Å². The number of nitrogens with zero attached hydrogens (tertiary/aromatic N) is 3. The van der Waals surface area contributed by atoms with Crippen LogP contribution >= 0.6 is 7.75 Å². The van der Waals surface area contributed by atoms with Gasteiger partial charge in [0.25, 0.3) is 0 Å². The Balaban J connectivity index is 1.81. The van der Waals surface area contributed by atoms with E-state index in [0.29, 0.717) is 35.9 Å². The number of hydrogen-bond donors (Lipinski definition) is 2. The van der Waals surface area contributed by atoms with Gasteiger partial charge in [0.1, 0.15) is 29.7 Å². The number of aromatic nitrogens is 3. The lowest BCUT2D eigenvalue weighted by molar-refractivity contribution is -0.149. The number of pyridine rings is 1. The maximum Gasteiger partial charge on any atom is 0.459 e. The number of nitrogen functional groups attached to an aromatic ring is 1. The molecule has 0 saturated heterocycles. The highest BCUT2D eigenvalue weighted by Crippen LogP contribution is 2.47. The number of hydrogen-bond acceptors (Lipinski definition) is 9. The van der Waals surface area contributed by atoms with Gasteiger partial charge in [0.15, 0.2) is 5.82 Å². The molecule has 238 valence electrons. The number of carbonyl (C=O) groups is 1. The second-order valence-electron chi connectivity index (χ2n) is 11.3. The molecule has 0 aliphatic carbocycles. The fourth-order valence-corrected chi connectivity index (χ4v) is 6.69. The Kier molecular flexibility index (Phi) is 11.0. The van der Waals surface area contributed by atoms with Crippen molar-refractivity contribution in [2.45, 2.75) is 85.1 Å². The van der Waals surface area contributed by atoms with Crippen LogP contribution in [-0.4, -0.2) is 45.9 Å². The van der Waals surface area contributed by atoms with E-state index in [2.05, 4.69) is 21.6 Å². The molecule has 4 rings (SSSR count). The summed E-state index contributed by atoms with van der Waals surface area (Å²) in [6.45, 7) is 11.8. The number of benzene rings is 2. The number of rotatable bonds is 16. The number of ether oxygens (including phenoxy) is 2. The molecule has 0 saturated carbocycles. The third-order valence-corrected chi connectivity index (χ3v) is 8.83. The molecule has 2 heterocycles. The molecule has 12 heteroatoms. The van der Waals surface area contributed by atoms with Gasteiger partial charge in [0.05, 0.1) is 29.3 Å². The molecule has 0 bridgehead atoms. The van der Waals surface area contributed by atoms with Crippen LogP contribution in [0.3, 0.4) is 0 Å². The highest BCUT2D eigenvalue weighted by molar-refractivity contribution is 7.52. The SMILES string of the molecule is CCCCC(C)(COP(=O)(N[C@@H](C)C(=O)OC(C)C)Oc1ccccc1)n1c(COCC)nc2c(N)nc3ccccc3c21. The van der Waals surface area contributed by atoms with Crippen molar-refractivity contribution in [2.75, 3.05) is 18.9 Å². The molecule has 0 aliphatic rings. The molecule has 0 fully saturated rings. The molecule has 3 atom stereocenters. The van der Waals surface area contributed by atoms with Gasteiger partial charge in [-0.2, -0.15) is 5.09 Å². The molecule has 0 radical (unpaired) electrons. The Hall–Kier alpha value is -3.50. The maximum absolute atomic E-state index is 14.4. The Bertz CT molecular complexity index is 1610. The van der Waals surface area contributed by atoms with E-state index < -0.39 is 25.3 Å². The molecule has 44 heavy (non-hydrogen) atoms. The van der Waals surface area contributed by atoms with Gasteiger partial charge in [-0.1, -0.05) is 56.2 Å². The van der Waals surface area contributed by atoms with Crippen LogP contribution in [0, 0.1) is 0 Å². The largest absolute Gasteiger partial charge is 0.462 e. The number of unbranched alkanes of at least 4 members (excludes halogenated alkanes) is 1. The first-order valence-electron chi connectivity index (χ1n) is 15.1. The van der Waals surface area contributed by atoms with Crippen LogP contribution in [0.15, 0.2) is 54.6 Å². The first-order chi connectivity index (χ1) is 21.0. The predicted octanol–water partition coefficient (Wildman–Crippen LogP) is 6.74. The summed E-state index contributed by atoms with van der Waals surface area (Å²) < 4.78 is 39.9. The van der Waals surface area contributed by atoms with E-state index in [-0.39, 0.29) is 19.3 Å². The number of esters is 1. The Morgan fingerprint density at radius 3 is 2.45 bits per heavy atom. The van der Waals surface area contributed by atoms with E-state index in [1.54, 1.807) is 45.0 Å². The Labute approximate surface area is 259 Å². The van der Waals surface area contributed by atoms with Gasteiger partial charge in [0, 0.05) is 12.0 Å².